The first-order valence-corrected chi connectivity index (χ1v) is 5.47. The molecule has 0 amide bonds. The third kappa shape index (κ3) is 2.75. The summed E-state index contributed by atoms with van der Waals surface area (Å²) in [5.74, 6) is 0.736. The van der Waals surface area contributed by atoms with E-state index in [4.69, 9.17) is 4.74 Å². The van der Waals surface area contributed by atoms with Crippen LogP contribution in [0.2, 0.25) is 0 Å². The van der Waals surface area contributed by atoms with Crippen molar-refractivity contribution in [2.75, 3.05) is 7.11 Å². The predicted molar refractivity (Wildman–Crippen MR) is 62.8 cm³/mol. The number of rotatable bonds is 5. The zero-order valence-electron chi connectivity index (χ0n) is 9.99. The van der Waals surface area contributed by atoms with Gasteiger partial charge in [-0.25, -0.2) is 0 Å². The van der Waals surface area contributed by atoms with E-state index >= 15 is 0 Å². The second-order valence-corrected chi connectivity index (χ2v) is 3.89. The van der Waals surface area contributed by atoms with Gasteiger partial charge in [0.05, 0.1) is 7.11 Å². The maximum absolute atomic E-state index is 11.5. The van der Waals surface area contributed by atoms with Gasteiger partial charge in [0, 0.05) is 12.3 Å². The van der Waals surface area contributed by atoms with Gasteiger partial charge in [0.2, 0.25) is 0 Å². The second-order valence-electron chi connectivity index (χ2n) is 3.89. The molecule has 0 fully saturated rings. The standard InChI is InChI=1S/C13H18O3/c1-4-11(14)9(2)8-10-6-5-7-12(16-3)13(10)15/h5-7,9,15H,4,8H2,1-3H3. The Morgan fingerprint density at radius 1 is 1.50 bits per heavy atom. The number of ketones is 1. The van der Waals surface area contributed by atoms with E-state index < -0.39 is 0 Å². The Morgan fingerprint density at radius 3 is 2.75 bits per heavy atom. The number of para-hydroxylation sites is 1. The van der Waals surface area contributed by atoms with Crippen LogP contribution in [0.25, 0.3) is 0 Å². The van der Waals surface area contributed by atoms with Crippen LogP contribution in [0.1, 0.15) is 25.8 Å². The fourth-order valence-corrected chi connectivity index (χ4v) is 1.69. The highest BCUT2D eigenvalue weighted by molar-refractivity contribution is 5.80. The number of phenolic OH excluding ortho intramolecular Hbond substituents is 1. The SMILES string of the molecule is CCC(=O)C(C)Cc1cccc(OC)c1O. The normalized spacial score (nSPS) is 12.2. The van der Waals surface area contributed by atoms with Gasteiger partial charge in [-0.3, -0.25) is 4.79 Å². The average Bonchev–Trinajstić information content (AvgIpc) is 2.30. The minimum Gasteiger partial charge on any atom is -0.504 e. The molecule has 3 heteroatoms. The Labute approximate surface area is 96.1 Å². The monoisotopic (exact) mass is 222 g/mol. The van der Waals surface area contributed by atoms with Crippen LogP contribution in [-0.4, -0.2) is 18.0 Å². The van der Waals surface area contributed by atoms with Crippen molar-refractivity contribution in [3.05, 3.63) is 23.8 Å². The summed E-state index contributed by atoms with van der Waals surface area (Å²) in [6.45, 7) is 3.73. The van der Waals surface area contributed by atoms with E-state index in [1.165, 1.54) is 7.11 Å². The molecule has 3 nitrogen and oxygen atoms in total. The van der Waals surface area contributed by atoms with Gasteiger partial charge in [-0.2, -0.15) is 0 Å². The lowest BCUT2D eigenvalue weighted by Gasteiger charge is -2.12. The van der Waals surface area contributed by atoms with E-state index in [1.54, 1.807) is 6.07 Å². The summed E-state index contributed by atoms with van der Waals surface area (Å²) >= 11 is 0. The lowest BCUT2D eigenvalue weighted by molar-refractivity contribution is -0.122. The van der Waals surface area contributed by atoms with Crippen molar-refractivity contribution in [2.24, 2.45) is 5.92 Å². The Kier molecular flexibility index (Phi) is 4.35. The number of carbonyl (C=O) groups excluding carboxylic acids is 1. The summed E-state index contributed by atoms with van der Waals surface area (Å²) in [6, 6.07) is 5.33. The van der Waals surface area contributed by atoms with Crippen LogP contribution < -0.4 is 4.74 Å². The smallest absolute Gasteiger partial charge is 0.160 e. The number of ether oxygens (including phenoxy) is 1. The van der Waals surface area contributed by atoms with Gasteiger partial charge >= 0.3 is 0 Å². The average molecular weight is 222 g/mol. The first kappa shape index (κ1) is 12.6. The summed E-state index contributed by atoms with van der Waals surface area (Å²) in [5, 5.41) is 9.86. The van der Waals surface area contributed by atoms with Crippen LogP contribution in [0.15, 0.2) is 18.2 Å². The van der Waals surface area contributed by atoms with Crippen molar-refractivity contribution in [3.8, 4) is 11.5 Å². The molecule has 0 aliphatic rings. The Bertz CT molecular complexity index is 371. The quantitative estimate of drug-likeness (QED) is 0.832. The number of Topliss-reactive ketones (excluding diaryl/α,β-unsaturated/α-hetero) is 1. The van der Waals surface area contributed by atoms with Crippen LogP contribution in [0.5, 0.6) is 11.5 Å². The second kappa shape index (κ2) is 5.54. The van der Waals surface area contributed by atoms with Crippen LogP contribution >= 0.6 is 0 Å². The maximum atomic E-state index is 11.5. The van der Waals surface area contributed by atoms with Crippen molar-refractivity contribution in [2.45, 2.75) is 26.7 Å². The minimum absolute atomic E-state index is 0.0667. The van der Waals surface area contributed by atoms with Crippen molar-refractivity contribution < 1.29 is 14.6 Å². The largest absolute Gasteiger partial charge is 0.504 e. The Hall–Kier alpha value is -1.51. The summed E-state index contributed by atoms with van der Waals surface area (Å²) < 4.78 is 5.02. The molecule has 0 heterocycles. The van der Waals surface area contributed by atoms with E-state index in [2.05, 4.69) is 0 Å². The molecule has 88 valence electrons. The number of carbonyl (C=O) groups is 1. The van der Waals surface area contributed by atoms with Gasteiger partial charge < -0.3 is 9.84 Å². The molecule has 0 bridgehead atoms. The molecule has 0 aliphatic carbocycles. The van der Waals surface area contributed by atoms with Crippen LogP contribution in [0.4, 0.5) is 0 Å². The Morgan fingerprint density at radius 2 is 2.19 bits per heavy atom. The molecule has 16 heavy (non-hydrogen) atoms. The minimum atomic E-state index is -0.0667. The molecule has 1 aromatic rings. The number of methoxy groups -OCH3 is 1. The fourth-order valence-electron chi connectivity index (χ4n) is 1.69. The van der Waals surface area contributed by atoms with Crippen molar-refractivity contribution >= 4 is 5.78 Å². The van der Waals surface area contributed by atoms with Crippen LogP contribution in [-0.2, 0) is 11.2 Å². The predicted octanol–water partition coefficient (Wildman–Crippen LogP) is 2.56. The van der Waals surface area contributed by atoms with E-state index in [9.17, 15) is 9.90 Å². The summed E-state index contributed by atoms with van der Waals surface area (Å²) in [7, 11) is 1.51. The number of hydrogen-bond acceptors (Lipinski definition) is 3. The maximum Gasteiger partial charge on any atom is 0.160 e. The number of phenols is 1. The molecular formula is C13H18O3. The molecule has 0 radical (unpaired) electrons. The summed E-state index contributed by atoms with van der Waals surface area (Å²) in [5.41, 5.74) is 0.758. The lowest BCUT2D eigenvalue weighted by atomic mass is 9.95. The molecule has 1 unspecified atom stereocenters. The number of hydrogen-bond donors (Lipinski definition) is 1. The van der Waals surface area contributed by atoms with Crippen molar-refractivity contribution in [1.82, 2.24) is 0 Å². The van der Waals surface area contributed by atoms with Gasteiger partial charge in [0.1, 0.15) is 5.78 Å². The van der Waals surface area contributed by atoms with Crippen molar-refractivity contribution in [3.63, 3.8) is 0 Å². The molecule has 1 aromatic carbocycles. The molecule has 0 aliphatic heterocycles. The van der Waals surface area contributed by atoms with Gasteiger partial charge in [-0.1, -0.05) is 26.0 Å². The van der Waals surface area contributed by atoms with E-state index in [0.717, 1.165) is 5.56 Å². The zero-order valence-corrected chi connectivity index (χ0v) is 9.99. The highest BCUT2D eigenvalue weighted by Gasteiger charge is 2.15. The Balaban J connectivity index is 2.85. The van der Waals surface area contributed by atoms with Gasteiger partial charge in [0.25, 0.3) is 0 Å². The summed E-state index contributed by atoms with van der Waals surface area (Å²) in [6.07, 6.45) is 1.08. The number of benzene rings is 1. The molecule has 1 atom stereocenters. The van der Waals surface area contributed by atoms with Crippen LogP contribution in [0, 0.1) is 5.92 Å². The van der Waals surface area contributed by atoms with Crippen molar-refractivity contribution in [1.29, 1.82) is 0 Å². The first-order chi connectivity index (χ1) is 7.60. The molecule has 1 N–H and O–H groups in total. The van der Waals surface area contributed by atoms with Gasteiger partial charge in [0.15, 0.2) is 11.5 Å². The van der Waals surface area contributed by atoms with E-state index in [1.807, 2.05) is 26.0 Å². The molecule has 0 saturated heterocycles. The van der Waals surface area contributed by atoms with Gasteiger partial charge in [-0.15, -0.1) is 0 Å². The highest BCUT2D eigenvalue weighted by Crippen LogP contribution is 2.31. The van der Waals surface area contributed by atoms with E-state index in [-0.39, 0.29) is 17.5 Å². The van der Waals surface area contributed by atoms with Gasteiger partial charge in [-0.05, 0) is 18.1 Å². The highest BCUT2D eigenvalue weighted by atomic mass is 16.5. The molecule has 0 saturated carbocycles. The van der Waals surface area contributed by atoms with Crippen LogP contribution in [0.3, 0.4) is 0 Å². The lowest BCUT2D eigenvalue weighted by Crippen LogP contribution is -2.12. The summed E-state index contributed by atoms with van der Waals surface area (Å²) in [4.78, 5) is 11.5. The van der Waals surface area contributed by atoms with E-state index in [0.29, 0.717) is 18.6 Å². The number of aromatic hydroxyl groups is 1. The molecule has 1 rings (SSSR count). The molecular weight excluding hydrogens is 204 g/mol. The fraction of sp³-hybridized carbons (Fsp3) is 0.462. The molecule has 0 spiro atoms. The third-order valence-corrected chi connectivity index (χ3v) is 2.73. The third-order valence-electron chi connectivity index (χ3n) is 2.73. The molecule has 0 aromatic heterocycles. The first-order valence-electron chi connectivity index (χ1n) is 5.47. The zero-order chi connectivity index (χ0) is 12.1. The topological polar surface area (TPSA) is 46.5 Å².